The molecule has 5 nitrogen and oxygen atoms in total. The quantitative estimate of drug-likeness (QED) is 0.796. The van der Waals surface area contributed by atoms with E-state index in [0.717, 1.165) is 48.6 Å². The second-order valence-corrected chi connectivity index (χ2v) is 5.60. The largest absolute Gasteiger partial charge is 0.353 e. The highest BCUT2D eigenvalue weighted by atomic mass is 32.1. The number of thiophene rings is 1. The lowest BCUT2D eigenvalue weighted by molar-refractivity contribution is -0.128. The summed E-state index contributed by atoms with van der Waals surface area (Å²) in [4.78, 5) is 24.3. The number of hydrogen-bond donors (Lipinski definition) is 0. The van der Waals surface area contributed by atoms with Gasteiger partial charge in [-0.3, -0.25) is 4.79 Å². The van der Waals surface area contributed by atoms with Crippen LogP contribution in [0.1, 0.15) is 13.3 Å². The maximum atomic E-state index is 11.4. The van der Waals surface area contributed by atoms with Crippen molar-refractivity contribution >= 4 is 33.3 Å². The van der Waals surface area contributed by atoms with Crippen LogP contribution in [-0.2, 0) is 4.79 Å². The van der Waals surface area contributed by atoms with E-state index in [4.69, 9.17) is 0 Å². The number of anilines is 1. The third-order valence-electron chi connectivity index (χ3n) is 3.47. The molecule has 0 radical (unpaired) electrons. The van der Waals surface area contributed by atoms with E-state index in [1.165, 1.54) is 0 Å². The lowest BCUT2D eigenvalue weighted by Gasteiger charge is -2.22. The van der Waals surface area contributed by atoms with Crippen LogP contribution >= 0.6 is 11.3 Å². The van der Waals surface area contributed by atoms with Gasteiger partial charge in [-0.2, -0.15) is 0 Å². The molecule has 100 valence electrons. The molecule has 2 aromatic heterocycles. The predicted molar refractivity (Wildman–Crippen MR) is 76.5 cm³/mol. The molecule has 0 saturated carbocycles. The third kappa shape index (κ3) is 2.40. The van der Waals surface area contributed by atoms with Gasteiger partial charge >= 0.3 is 0 Å². The van der Waals surface area contributed by atoms with E-state index in [-0.39, 0.29) is 5.91 Å². The van der Waals surface area contributed by atoms with E-state index < -0.39 is 0 Å². The SMILES string of the molecule is CC(=O)N1CCCN(c2ncnc3ccsc23)CC1. The van der Waals surface area contributed by atoms with Crippen molar-refractivity contribution < 1.29 is 4.79 Å². The molecule has 0 spiro atoms. The Morgan fingerprint density at radius 3 is 3.00 bits per heavy atom. The van der Waals surface area contributed by atoms with Gasteiger partial charge in [-0.15, -0.1) is 11.3 Å². The maximum Gasteiger partial charge on any atom is 0.219 e. The van der Waals surface area contributed by atoms with Crippen molar-refractivity contribution in [2.24, 2.45) is 0 Å². The second-order valence-electron chi connectivity index (χ2n) is 4.68. The summed E-state index contributed by atoms with van der Waals surface area (Å²) in [5.41, 5.74) is 1.00. The lowest BCUT2D eigenvalue weighted by Crippen LogP contribution is -2.33. The Kier molecular flexibility index (Phi) is 3.33. The lowest BCUT2D eigenvalue weighted by atomic mass is 10.3. The monoisotopic (exact) mass is 276 g/mol. The molecule has 0 aromatic carbocycles. The average molecular weight is 276 g/mol. The first kappa shape index (κ1) is 12.3. The number of hydrogen-bond acceptors (Lipinski definition) is 5. The summed E-state index contributed by atoms with van der Waals surface area (Å²) < 4.78 is 1.14. The number of amides is 1. The minimum Gasteiger partial charge on any atom is -0.353 e. The molecule has 0 unspecified atom stereocenters. The molecule has 3 heterocycles. The molecule has 1 aliphatic rings. The predicted octanol–water partition coefficient (Wildman–Crippen LogP) is 1.75. The minimum atomic E-state index is 0.158. The van der Waals surface area contributed by atoms with Crippen molar-refractivity contribution in [3.8, 4) is 0 Å². The van der Waals surface area contributed by atoms with Crippen LogP contribution in [0.3, 0.4) is 0 Å². The topological polar surface area (TPSA) is 49.3 Å². The van der Waals surface area contributed by atoms with Crippen LogP contribution < -0.4 is 4.90 Å². The van der Waals surface area contributed by atoms with Crippen molar-refractivity contribution in [2.45, 2.75) is 13.3 Å². The highest BCUT2D eigenvalue weighted by Gasteiger charge is 2.19. The summed E-state index contributed by atoms with van der Waals surface area (Å²) >= 11 is 1.67. The van der Waals surface area contributed by atoms with Crippen molar-refractivity contribution in [2.75, 3.05) is 31.1 Å². The minimum absolute atomic E-state index is 0.158. The van der Waals surface area contributed by atoms with Crippen molar-refractivity contribution in [3.05, 3.63) is 17.8 Å². The zero-order chi connectivity index (χ0) is 13.2. The number of nitrogens with zero attached hydrogens (tertiary/aromatic N) is 4. The van der Waals surface area contributed by atoms with E-state index in [0.29, 0.717) is 0 Å². The molecule has 0 atom stereocenters. The van der Waals surface area contributed by atoms with Crippen LogP contribution in [0.15, 0.2) is 17.8 Å². The van der Waals surface area contributed by atoms with Gasteiger partial charge in [0.1, 0.15) is 12.1 Å². The van der Waals surface area contributed by atoms with Crippen LogP contribution in [0.5, 0.6) is 0 Å². The number of rotatable bonds is 1. The first-order valence-corrected chi connectivity index (χ1v) is 7.32. The first-order valence-electron chi connectivity index (χ1n) is 6.44. The molecule has 1 aliphatic heterocycles. The van der Waals surface area contributed by atoms with Gasteiger partial charge in [0.2, 0.25) is 5.91 Å². The van der Waals surface area contributed by atoms with Gasteiger partial charge in [0.15, 0.2) is 0 Å². The van der Waals surface area contributed by atoms with Gasteiger partial charge in [0, 0.05) is 33.1 Å². The van der Waals surface area contributed by atoms with E-state index in [9.17, 15) is 4.79 Å². The highest BCUT2D eigenvalue weighted by Crippen LogP contribution is 2.28. The van der Waals surface area contributed by atoms with Crippen LogP contribution in [-0.4, -0.2) is 47.0 Å². The highest BCUT2D eigenvalue weighted by molar-refractivity contribution is 7.17. The molecule has 19 heavy (non-hydrogen) atoms. The van der Waals surface area contributed by atoms with E-state index in [1.54, 1.807) is 24.6 Å². The van der Waals surface area contributed by atoms with Gasteiger partial charge < -0.3 is 9.80 Å². The summed E-state index contributed by atoms with van der Waals surface area (Å²) in [7, 11) is 0. The summed E-state index contributed by atoms with van der Waals surface area (Å²) in [5, 5.41) is 2.04. The smallest absolute Gasteiger partial charge is 0.219 e. The molecule has 1 amide bonds. The summed E-state index contributed by atoms with van der Waals surface area (Å²) in [6.45, 7) is 5.02. The van der Waals surface area contributed by atoms with E-state index in [2.05, 4.69) is 14.9 Å². The Morgan fingerprint density at radius 2 is 2.16 bits per heavy atom. The van der Waals surface area contributed by atoms with Crippen LogP contribution in [0.2, 0.25) is 0 Å². The molecular weight excluding hydrogens is 260 g/mol. The molecule has 0 N–H and O–H groups in total. The van der Waals surface area contributed by atoms with E-state index in [1.807, 2.05) is 16.3 Å². The zero-order valence-corrected chi connectivity index (χ0v) is 11.7. The van der Waals surface area contributed by atoms with Crippen molar-refractivity contribution in [1.82, 2.24) is 14.9 Å². The Balaban J connectivity index is 1.86. The van der Waals surface area contributed by atoms with Crippen molar-refractivity contribution in [3.63, 3.8) is 0 Å². The number of carbonyl (C=O) groups is 1. The fourth-order valence-corrected chi connectivity index (χ4v) is 3.31. The number of aromatic nitrogens is 2. The number of fused-ring (bicyclic) bond motifs is 1. The standard InChI is InChI=1S/C13H16N4OS/c1-10(18)16-4-2-5-17(7-6-16)13-12-11(3-8-19-12)14-9-15-13/h3,8-9H,2,4-7H2,1H3. The van der Waals surface area contributed by atoms with Crippen molar-refractivity contribution in [1.29, 1.82) is 0 Å². The molecule has 0 bridgehead atoms. The molecule has 3 rings (SSSR count). The van der Waals surface area contributed by atoms with Gasteiger partial charge in [-0.1, -0.05) is 0 Å². The molecule has 6 heteroatoms. The number of carbonyl (C=O) groups excluding carboxylic acids is 1. The summed E-state index contributed by atoms with van der Waals surface area (Å²) in [6.07, 6.45) is 2.61. The van der Waals surface area contributed by atoms with Crippen LogP contribution in [0.25, 0.3) is 10.2 Å². The second kappa shape index (κ2) is 5.13. The molecular formula is C13H16N4OS. The average Bonchev–Trinajstić information content (AvgIpc) is 2.74. The summed E-state index contributed by atoms with van der Waals surface area (Å²) in [5.74, 6) is 1.16. The normalized spacial score (nSPS) is 16.7. The van der Waals surface area contributed by atoms with Gasteiger partial charge in [-0.25, -0.2) is 9.97 Å². The van der Waals surface area contributed by atoms with E-state index >= 15 is 0 Å². The third-order valence-corrected chi connectivity index (χ3v) is 4.36. The first-order chi connectivity index (χ1) is 9.25. The van der Waals surface area contributed by atoms with Gasteiger partial charge in [-0.05, 0) is 17.9 Å². The maximum absolute atomic E-state index is 11.4. The molecule has 1 saturated heterocycles. The van der Waals surface area contributed by atoms with Crippen LogP contribution in [0.4, 0.5) is 5.82 Å². The Hall–Kier alpha value is -1.69. The van der Waals surface area contributed by atoms with Gasteiger partial charge in [0.25, 0.3) is 0 Å². The Bertz CT molecular complexity index is 597. The summed E-state index contributed by atoms with van der Waals surface area (Å²) in [6, 6.07) is 2.02. The fraction of sp³-hybridized carbons (Fsp3) is 0.462. The van der Waals surface area contributed by atoms with Crippen LogP contribution in [0, 0.1) is 0 Å². The molecule has 1 fully saturated rings. The Labute approximate surface area is 115 Å². The fourth-order valence-electron chi connectivity index (χ4n) is 2.45. The molecule has 0 aliphatic carbocycles. The van der Waals surface area contributed by atoms with Gasteiger partial charge in [0.05, 0.1) is 10.2 Å². The molecule has 2 aromatic rings. The Morgan fingerprint density at radius 1 is 1.26 bits per heavy atom. The zero-order valence-electron chi connectivity index (χ0n) is 10.9.